The van der Waals surface area contributed by atoms with E-state index in [4.69, 9.17) is 5.73 Å². The van der Waals surface area contributed by atoms with Gasteiger partial charge in [0.15, 0.2) is 0 Å². The molecule has 23 heavy (non-hydrogen) atoms. The third kappa shape index (κ3) is 4.10. The molecule has 1 aromatic carbocycles. The second-order valence-corrected chi connectivity index (χ2v) is 6.83. The van der Waals surface area contributed by atoms with Gasteiger partial charge in [-0.3, -0.25) is 4.79 Å². The Morgan fingerprint density at radius 2 is 2.04 bits per heavy atom. The smallest absolute Gasteiger partial charge is 0.261 e. The third-order valence-electron chi connectivity index (χ3n) is 4.01. The fourth-order valence-corrected chi connectivity index (χ4v) is 3.67. The fraction of sp³-hybridized carbons (Fsp3) is 0.353. The maximum absolute atomic E-state index is 13.0. The molecule has 1 amide bonds. The summed E-state index contributed by atoms with van der Waals surface area (Å²) in [5.74, 6) is 0.210. The van der Waals surface area contributed by atoms with Crippen molar-refractivity contribution in [2.45, 2.75) is 25.8 Å². The van der Waals surface area contributed by atoms with Gasteiger partial charge in [0.05, 0.1) is 4.88 Å². The molecule has 2 aromatic rings. The number of carbonyl (C=O) groups excluding carboxylic acids is 1. The monoisotopic (exact) mass is 354 g/mol. The lowest BCUT2D eigenvalue weighted by Gasteiger charge is -2.15. The zero-order valence-electron chi connectivity index (χ0n) is 12.8. The van der Waals surface area contributed by atoms with E-state index < -0.39 is 0 Å². The average Bonchev–Trinajstić information content (AvgIpc) is 3.28. The molecule has 124 valence electrons. The molecule has 1 fully saturated rings. The highest BCUT2D eigenvalue weighted by Crippen LogP contribution is 2.34. The van der Waals surface area contributed by atoms with Crippen LogP contribution in [0.4, 0.5) is 4.39 Å². The topological polar surface area (TPSA) is 55.1 Å². The van der Waals surface area contributed by atoms with Crippen LogP contribution in [0.2, 0.25) is 0 Å². The Balaban J connectivity index is 0.00000192. The number of carbonyl (C=O) groups is 1. The molecule has 0 aliphatic heterocycles. The first-order valence-electron chi connectivity index (χ1n) is 7.46. The van der Waals surface area contributed by atoms with E-state index in [1.165, 1.54) is 23.5 Å². The van der Waals surface area contributed by atoms with Crippen LogP contribution in [-0.4, -0.2) is 18.5 Å². The molecule has 1 aromatic heterocycles. The molecule has 1 saturated carbocycles. The zero-order valence-corrected chi connectivity index (χ0v) is 14.5. The third-order valence-corrected chi connectivity index (χ3v) is 5.29. The molecule has 0 spiro atoms. The Labute approximate surface area is 145 Å². The lowest BCUT2D eigenvalue weighted by Crippen LogP contribution is -2.41. The molecule has 1 atom stereocenters. The van der Waals surface area contributed by atoms with Crippen LogP contribution in [-0.2, 0) is 0 Å². The normalized spacial score (nSPS) is 14.9. The van der Waals surface area contributed by atoms with E-state index in [-0.39, 0.29) is 30.2 Å². The first-order chi connectivity index (χ1) is 10.6. The summed E-state index contributed by atoms with van der Waals surface area (Å²) in [6.07, 6.45) is 2.29. The van der Waals surface area contributed by atoms with Gasteiger partial charge in [-0.25, -0.2) is 4.39 Å². The van der Waals surface area contributed by atoms with E-state index in [1.54, 1.807) is 12.1 Å². The Kier molecular flexibility index (Phi) is 5.79. The van der Waals surface area contributed by atoms with Crippen LogP contribution >= 0.6 is 23.7 Å². The molecule has 0 saturated heterocycles. The molecule has 1 aliphatic carbocycles. The van der Waals surface area contributed by atoms with Gasteiger partial charge < -0.3 is 11.1 Å². The Morgan fingerprint density at radius 1 is 1.39 bits per heavy atom. The summed E-state index contributed by atoms with van der Waals surface area (Å²) in [6.45, 7) is 2.44. The molecule has 3 N–H and O–H groups in total. The summed E-state index contributed by atoms with van der Waals surface area (Å²) < 4.78 is 13.0. The number of benzene rings is 1. The average molecular weight is 355 g/mol. The quantitative estimate of drug-likeness (QED) is 0.859. The number of hydrogen-bond acceptors (Lipinski definition) is 3. The van der Waals surface area contributed by atoms with Gasteiger partial charge >= 0.3 is 0 Å². The van der Waals surface area contributed by atoms with Crippen LogP contribution in [0.3, 0.4) is 0 Å². The fourth-order valence-electron chi connectivity index (χ4n) is 2.59. The number of amides is 1. The summed E-state index contributed by atoms with van der Waals surface area (Å²) in [5.41, 5.74) is 7.69. The van der Waals surface area contributed by atoms with Gasteiger partial charge in [0.2, 0.25) is 0 Å². The second kappa shape index (κ2) is 7.43. The minimum Gasteiger partial charge on any atom is -0.347 e. The van der Waals surface area contributed by atoms with Crippen molar-refractivity contribution in [3.8, 4) is 10.4 Å². The van der Waals surface area contributed by atoms with Crippen molar-refractivity contribution >= 4 is 29.7 Å². The zero-order chi connectivity index (χ0) is 15.7. The molecule has 1 unspecified atom stereocenters. The molecule has 1 aliphatic rings. The summed E-state index contributed by atoms with van der Waals surface area (Å²) in [7, 11) is 0. The Hall–Kier alpha value is -1.43. The highest BCUT2D eigenvalue weighted by Gasteiger charge is 2.31. The number of rotatable bonds is 5. The van der Waals surface area contributed by atoms with E-state index in [2.05, 4.69) is 5.32 Å². The van der Waals surface area contributed by atoms with E-state index in [1.807, 2.05) is 13.0 Å². The van der Waals surface area contributed by atoms with Gasteiger partial charge in [0, 0.05) is 17.5 Å². The first-order valence-corrected chi connectivity index (χ1v) is 8.27. The van der Waals surface area contributed by atoms with Crippen molar-refractivity contribution < 1.29 is 9.18 Å². The summed E-state index contributed by atoms with van der Waals surface area (Å²) in [6, 6.07) is 8.31. The Bertz CT molecular complexity index is 682. The molecular formula is C17H20ClFN2OS. The number of nitrogens with one attached hydrogen (secondary N) is 1. The van der Waals surface area contributed by atoms with E-state index in [0.717, 1.165) is 28.8 Å². The Morgan fingerprint density at radius 3 is 2.61 bits per heavy atom. The van der Waals surface area contributed by atoms with Crippen molar-refractivity contribution in [3.05, 3.63) is 46.6 Å². The van der Waals surface area contributed by atoms with Crippen LogP contribution in [0.25, 0.3) is 10.4 Å². The number of thiophene rings is 1. The highest BCUT2D eigenvalue weighted by molar-refractivity contribution is 7.17. The standard InChI is InChI=1S/C17H19FN2OS.ClH/c1-10-8-15(17(21)20-14(9-19)11-2-3-11)22-16(10)12-4-6-13(18)7-5-12;/h4-8,11,14H,2-3,9,19H2,1H3,(H,20,21);1H. The number of hydrogen-bond donors (Lipinski definition) is 2. The lowest BCUT2D eigenvalue weighted by atomic mass is 10.1. The SMILES string of the molecule is Cc1cc(C(=O)NC(CN)C2CC2)sc1-c1ccc(F)cc1.Cl. The summed E-state index contributed by atoms with van der Waals surface area (Å²) in [5, 5.41) is 3.03. The minimum atomic E-state index is -0.258. The molecular weight excluding hydrogens is 335 g/mol. The van der Waals surface area contributed by atoms with Gasteiger partial charge in [-0.1, -0.05) is 12.1 Å². The molecule has 0 radical (unpaired) electrons. The minimum absolute atomic E-state index is 0. The van der Waals surface area contributed by atoms with Crippen LogP contribution in [0.15, 0.2) is 30.3 Å². The maximum atomic E-state index is 13.0. The van der Waals surface area contributed by atoms with Crippen molar-refractivity contribution in [2.24, 2.45) is 11.7 Å². The maximum Gasteiger partial charge on any atom is 0.261 e. The molecule has 3 rings (SSSR count). The van der Waals surface area contributed by atoms with Crippen LogP contribution in [0.5, 0.6) is 0 Å². The van der Waals surface area contributed by atoms with Gasteiger partial charge in [-0.05, 0) is 55.0 Å². The highest BCUT2D eigenvalue weighted by atomic mass is 35.5. The largest absolute Gasteiger partial charge is 0.347 e. The van der Waals surface area contributed by atoms with Gasteiger partial charge in [0.25, 0.3) is 5.91 Å². The van der Waals surface area contributed by atoms with Gasteiger partial charge in [-0.15, -0.1) is 23.7 Å². The van der Waals surface area contributed by atoms with E-state index >= 15 is 0 Å². The number of aryl methyl sites for hydroxylation is 1. The van der Waals surface area contributed by atoms with Crippen molar-refractivity contribution in [1.82, 2.24) is 5.32 Å². The molecule has 0 bridgehead atoms. The van der Waals surface area contributed by atoms with E-state index in [9.17, 15) is 9.18 Å². The van der Waals surface area contributed by atoms with Crippen molar-refractivity contribution in [2.75, 3.05) is 6.54 Å². The number of halogens is 2. The molecule has 6 heteroatoms. The molecule has 1 heterocycles. The van der Waals surface area contributed by atoms with E-state index in [0.29, 0.717) is 17.3 Å². The predicted octanol–water partition coefficient (Wildman–Crippen LogP) is 3.75. The van der Waals surface area contributed by atoms with Crippen molar-refractivity contribution in [3.63, 3.8) is 0 Å². The summed E-state index contributed by atoms with van der Waals surface area (Å²) >= 11 is 1.44. The van der Waals surface area contributed by atoms with Gasteiger partial charge in [-0.2, -0.15) is 0 Å². The summed E-state index contributed by atoms with van der Waals surface area (Å²) in [4.78, 5) is 14.1. The van der Waals surface area contributed by atoms with Crippen LogP contribution < -0.4 is 11.1 Å². The van der Waals surface area contributed by atoms with Crippen molar-refractivity contribution in [1.29, 1.82) is 0 Å². The first kappa shape index (κ1) is 17.9. The molecule has 3 nitrogen and oxygen atoms in total. The van der Waals surface area contributed by atoms with Crippen LogP contribution in [0.1, 0.15) is 28.1 Å². The van der Waals surface area contributed by atoms with Gasteiger partial charge in [0.1, 0.15) is 5.82 Å². The second-order valence-electron chi connectivity index (χ2n) is 5.78. The number of nitrogens with two attached hydrogens (primary N) is 1. The van der Waals surface area contributed by atoms with Crippen LogP contribution in [0, 0.1) is 18.7 Å². The lowest BCUT2D eigenvalue weighted by molar-refractivity contribution is 0.0937. The predicted molar refractivity (Wildman–Crippen MR) is 94.7 cm³/mol.